The molecule has 2 nitrogen and oxygen atoms in total. The molecular weight excluding hydrogens is 749 g/mol. The van der Waals surface area contributed by atoms with E-state index in [4.69, 9.17) is 0 Å². The smallest absolute Gasteiger partial charge is 0.0547 e. The van der Waals surface area contributed by atoms with Crippen LogP contribution in [0.1, 0.15) is 0 Å². The maximum atomic E-state index is 2.47. The van der Waals surface area contributed by atoms with Gasteiger partial charge in [-0.2, -0.15) is 0 Å². The molecule has 290 valence electrons. The standard InChI is InChI=1S/C60H40N2/c1-5-15-41(16-6-1)44-25-27-45(28-26-44)49-35-50(48-29-32-54-53-23-13-14-24-57(53)61(60(54)40-48)51-21-11-4-12-22-51)37-52(36-49)62-58-33-30-46(42-17-7-2-8-18-42)38-55(58)56-39-47(31-34-59(56)62)43-19-9-3-10-20-43/h1-40H. The predicted molar refractivity (Wildman–Crippen MR) is 262 cm³/mol. The molecule has 12 rings (SSSR count). The van der Waals surface area contributed by atoms with Crippen molar-refractivity contribution in [3.63, 3.8) is 0 Å². The summed E-state index contributed by atoms with van der Waals surface area (Å²) < 4.78 is 4.88. The largest absolute Gasteiger partial charge is 0.309 e. The van der Waals surface area contributed by atoms with Gasteiger partial charge in [0.05, 0.1) is 22.1 Å². The van der Waals surface area contributed by atoms with Crippen LogP contribution >= 0.6 is 0 Å². The predicted octanol–water partition coefficient (Wildman–Crippen LogP) is 16.2. The third kappa shape index (κ3) is 6.12. The fourth-order valence-corrected chi connectivity index (χ4v) is 9.49. The Kier molecular flexibility index (Phi) is 8.53. The van der Waals surface area contributed by atoms with Crippen LogP contribution in [-0.4, -0.2) is 9.13 Å². The van der Waals surface area contributed by atoms with Gasteiger partial charge in [0.25, 0.3) is 0 Å². The Morgan fingerprint density at radius 3 is 1.13 bits per heavy atom. The van der Waals surface area contributed by atoms with E-state index >= 15 is 0 Å². The second-order valence-electron chi connectivity index (χ2n) is 16.2. The number of benzene rings is 10. The summed E-state index contributed by atoms with van der Waals surface area (Å²) in [6.45, 7) is 0. The second-order valence-corrected chi connectivity index (χ2v) is 16.2. The molecule has 0 unspecified atom stereocenters. The van der Waals surface area contributed by atoms with Gasteiger partial charge in [0.1, 0.15) is 0 Å². The van der Waals surface area contributed by atoms with Crippen molar-refractivity contribution in [1.29, 1.82) is 0 Å². The monoisotopic (exact) mass is 788 g/mol. The van der Waals surface area contributed by atoms with Gasteiger partial charge in [-0.1, -0.05) is 176 Å². The Labute approximate surface area is 360 Å². The molecule has 0 fully saturated rings. The number of hydrogen-bond acceptors (Lipinski definition) is 0. The number of rotatable bonds is 7. The summed E-state index contributed by atoms with van der Waals surface area (Å²) in [5.74, 6) is 0. The molecule has 0 amide bonds. The number of hydrogen-bond donors (Lipinski definition) is 0. The van der Waals surface area contributed by atoms with E-state index in [-0.39, 0.29) is 0 Å². The van der Waals surface area contributed by atoms with Gasteiger partial charge in [0.15, 0.2) is 0 Å². The molecule has 0 saturated carbocycles. The molecular formula is C60H40N2. The van der Waals surface area contributed by atoms with Crippen molar-refractivity contribution >= 4 is 43.6 Å². The van der Waals surface area contributed by atoms with Gasteiger partial charge < -0.3 is 9.13 Å². The van der Waals surface area contributed by atoms with Gasteiger partial charge >= 0.3 is 0 Å². The lowest BCUT2D eigenvalue weighted by Gasteiger charge is -2.15. The molecule has 0 bridgehead atoms. The summed E-state index contributed by atoms with van der Waals surface area (Å²) in [5, 5.41) is 4.95. The summed E-state index contributed by atoms with van der Waals surface area (Å²) in [7, 11) is 0. The van der Waals surface area contributed by atoms with Gasteiger partial charge in [-0.3, -0.25) is 0 Å². The highest BCUT2D eigenvalue weighted by atomic mass is 15.0. The fraction of sp³-hybridized carbons (Fsp3) is 0. The van der Waals surface area contributed by atoms with E-state index < -0.39 is 0 Å². The van der Waals surface area contributed by atoms with E-state index in [1.807, 2.05) is 0 Å². The summed E-state index contributed by atoms with van der Waals surface area (Å²) in [4.78, 5) is 0. The number of fused-ring (bicyclic) bond motifs is 6. The van der Waals surface area contributed by atoms with Crippen LogP contribution in [0.3, 0.4) is 0 Å². The minimum absolute atomic E-state index is 1.12. The van der Waals surface area contributed by atoms with Crippen molar-refractivity contribution in [2.75, 3.05) is 0 Å². The van der Waals surface area contributed by atoms with E-state index in [0.29, 0.717) is 0 Å². The molecule has 0 saturated heterocycles. The lowest BCUT2D eigenvalue weighted by molar-refractivity contribution is 1.18. The first-order chi connectivity index (χ1) is 30.7. The van der Waals surface area contributed by atoms with Crippen molar-refractivity contribution < 1.29 is 0 Å². The summed E-state index contributed by atoms with van der Waals surface area (Å²) in [6, 6.07) is 88.6. The lowest BCUT2D eigenvalue weighted by Crippen LogP contribution is -1.97. The molecule has 62 heavy (non-hydrogen) atoms. The van der Waals surface area contributed by atoms with Crippen molar-refractivity contribution in [1.82, 2.24) is 9.13 Å². The van der Waals surface area contributed by atoms with Crippen LogP contribution < -0.4 is 0 Å². The zero-order valence-corrected chi connectivity index (χ0v) is 34.0. The quantitative estimate of drug-likeness (QED) is 0.152. The highest BCUT2D eigenvalue weighted by Crippen LogP contribution is 2.41. The Morgan fingerprint density at radius 2 is 0.548 bits per heavy atom. The van der Waals surface area contributed by atoms with E-state index in [0.717, 1.165) is 22.5 Å². The lowest BCUT2D eigenvalue weighted by atomic mass is 9.95. The molecule has 0 N–H and O–H groups in total. The Bertz CT molecular complexity index is 3480. The van der Waals surface area contributed by atoms with Crippen LogP contribution in [0.5, 0.6) is 0 Å². The second kappa shape index (κ2) is 14.8. The van der Waals surface area contributed by atoms with Crippen molar-refractivity contribution in [2.45, 2.75) is 0 Å². The number of aromatic nitrogens is 2. The molecule has 0 aliphatic heterocycles. The van der Waals surface area contributed by atoms with Crippen LogP contribution in [0.25, 0.3) is 111 Å². The molecule has 0 aliphatic carbocycles. The van der Waals surface area contributed by atoms with E-state index in [1.165, 1.54) is 88.1 Å². The average Bonchev–Trinajstić information content (AvgIpc) is 3.87. The summed E-state index contributed by atoms with van der Waals surface area (Å²) >= 11 is 0. The van der Waals surface area contributed by atoms with Crippen LogP contribution in [0.15, 0.2) is 243 Å². The normalized spacial score (nSPS) is 11.5. The van der Waals surface area contributed by atoms with Crippen molar-refractivity contribution in [2.24, 2.45) is 0 Å². The Morgan fingerprint density at radius 1 is 0.177 bits per heavy atom. The SMILES string of the molecule is c1ccc(-c2ccc(-c3cc(-c4ccc5c6ccccc6n(-c6ccccc6)c5c4)cc(-n4c5ccc(-c6ccccc6)cc5c5cc(-c6ccccc6)ccc54)c3)cc2)cc1. The van der Waals surface area contributed by atoms with E-state index in [9.17, 15) is 0 Å². The molecule has 2 heterocycles. The van der Waals surface area contributed by atoms with Gasteiger partial charge in [-0.05, 0) is 122 Å². The zero-order valence-electron chi connectivity index (χ0n) is 34.0. The van der Waals surface area contributed by atoms with Gasteiger partial charge in [-0.15, -0.1) is 0 Å². The maximum Gasteiger partial charge on any atom is 0.0547 e. The van der Waals surface area contributed by atoms with Gasteiger partial charge in [0, 0.05) is 32.9 Å². The highest BCUT2D eigenvalue weighted by molar-refractivity contribution is 6.12. The first-order valence-electron chi connectivity index (χ1n) is 21.3. The van der Waals surface area contributed by atoms with Crippen LogP contribution in [0.4, 0.5) is 0 Å². The average molecular weight is 789 g/mol. The summed E-state index contributed by atoms with van der Waals surface area (Å²) in [5.41, 5.74) is 18.9. The molecule has 2 aromatic heterocycles. The van der Waals surface area contributed by atoms with E-state index in [2.05, 4.69) is 252 Å². The highest BCUT2D eigenvalue weighted by Gasteiger charge is 2.18. The molecule has 10 aromatic carbocycles. The molecule has 0 spiro atoms. The molecule has 0 aliphatic rings. The first kappa shape index (κ1) is 35.7. The Balaban J connectivity index is 1.11. The number of nitrogens with zero attached hydrogens (tertiary/aromatic N) is 2. The fourth-order valence-electron chi connectivity index (χ4n) is 9.49. The van der Waals surface area contributed by atoms with Crippen molar-refractivity contribution in [3.05, 3.63) is 243 Å². The molecule has 0 radical (unpaired) electrons. The molecule has 0 atom stereocenters. The topological polar surface area (TPSA) is 9.86 Å². The zero-order chi connectivity index (χ0) is 41.0. The van der Waals surface area contributed by atoms with Crippen LogP contribution in [0, 0.1) is 0 Å². The molecule has 2 heteroatoms. The van der Waals surface area contributed by atoms with E-state index in [1.54, 1.807) is 0 Å². The minimum atomic E-state index is 1.12. The minimum Gasteiger partial charge on any atom is -0.309 e. The summed E-state index contributed by atoms with van der Waals surface area (Å²) in [6.07, 6.45) is 0. The van der Waals surface area contributed by atoms with Crippen LogP contribution in [-0.2, 0) is 0 Å². The maximum absolute atomic E-state index is 2.47. The van der Waals surface area contributed by atoms with Gasteiger partial charge in [0.2, 0.25) is 0 Å². The first-order valence-corrected chi connectivity index (χ1v) is 21.3. The van der Waals surface area contributed by atoms with Crippen molar-refractivity contribution in [3.8, 4) is 67.0 Å². The Hall–Kier alpha value is -8.20. The third-order valence-corrected chi connectivity index (χ3v) is 12.5. The van der Waals surface area contributed by atoms with Gasteiger partial charge in [-0.25, -0.2) is 0 Å². The van der Waals surface area contributed by atoms with Crippen LogP contribution in [0.2, 0.25) is 0 Å². The number of para-hydroxylation sites is 2. The molecule has 12 aromatic rings. The third-order valence-electron chi connectivity index (χ3n) is 12.5.